The molecule has 246 valence electrons. The first kappa shape index (κ1) is 33.2. The van der Waals surface area contributed by atoms with Crippen LogP contribution in [0.4, 0.5) is 17.3 Å². The van der Waals surface area contributed by atoms with Gasteiger partial charge >= 0.3 is 5.97 Å². The van der Waals surface area contributed by atoms with Crippen LogP contribution in [0.5, 0.6) is 5.75 Å². The molecule has 0 aliphatic carbocycles. The second-order valence-corrected chi connectivity index (χ2v) is 13.5. The summed E-state index contributed by atoms with van der Waals surface area (Å²) in [5.74, 6) is 1.82. The van der Waals surface area contributed by atoms with Gasteiger partial charge in [-0.05, 0) is 93.7 Å². The number of hydrogen-bond acceptors (Lipinski definition) is 9. The third kappa shape index (κ3) is 8.56. The number of ketones is 1. The maximum absolute atomic E-state index is 13.3. The van der Waals surface area contributed by atoms with Crippen molar-refractivity contribution in [3.05, 3.63) is 71.0 Å². The van der Waals surface area contributed by atoms with E-state index in [-0.39, 0.29) is 25.2 Å². The van der Waals surface area contributed by atoms with Gasteiger partial charge in [-0.15, -0.1) is 0 Å². The summed E-state index contributed by atoms with van der Waals surface area (Å²) in [5, 5.41) is 6.98. The summed E-state index contributed by atoms with van der Waals surface area (Å²) < 4.78 is 11.0. The molecule has 2 aliphatic heterocycles. The number of Topliss-reactive ketones (excluding diaryl/α,β-unsaturated/α-hetero) is 1. The van der Waals surface area contributed by atoms with Gasteiger partial charge in [0.05, 0.1) is 13.0 Å². The Morgan fingerprint density at radius 2 is 1.85 bits per heavy atom. The van der Waals surface area contributed by atoms with Crippen molar-refractivity contribution in [1.29, 1.82) is 0 Å². The fourth-order valence-electron chi connectivity index (χ4n) is 6.47. The quantitative estimate of drug-likeness (QED) is 0.222. The molecule has 2 N–H and O–H groups in total. The van der Waals surface area contributed by atoms with E-state index in [1.165, 1.54) is 23.2 Å². The number of ether oxygens (including phenoxy) is 2. The van der Waals surface area contributed by atoms with Gasteiger partial charge in [-0.25, -0.2) is 9.97 Å². The summed E-state index contributed by atoms with van der Waals surface area (Å²) in [7, 11) is 1.61. The Morgan fingerprint density at radius 3 is 2.54 bits per heavy atom. The zero-order valence-electron chi connectivity index (χ0n) is 28.0. The van der Waals surface area contributed by atoms with Crippen LogP contribution in [0.2, 0.25) is 0 Å². The molecular formula is C37H49N5O4. The van der Waals surface area contributed by atoms with Crippen LogP contribution in [0.3, 0.4) is 0 Å². The Hall–Kier alpha value is -4.14. The minimum absolute atomic E-state index is 0.0282. The average Bonchev–Trinajstić information content (AvgIpc) is 3.05. The second-order valence-electron chi connectivity index (χ2n) is 13.5. The standard InChI is InChI=1S/C37H49N5O4/c1-6-32-34(39-23-29(36(44)46-37(2,3)4)21-30(43)20-25-9-13-31(45-5)14-10-25)40-24-41-35(32)42-18-15-26(16-19-42)28-12-11-27-8-7-17-38-33(27)22-28/h9-14,22,24,26,29,38H,6-8,15-21,23H2,1-5H3,(H,39,40,41)/t29-/m0/s1. The molecule has 0 radical (unpaired) electrons. The topological polar surface area (TPSA) is 106 Å². The van der Waals surface area contributed by atoms with E-state index in [1.54, 1.807) is 13.4 Å². The summed E-state index contributed by atoms with van der Waals surface area (Å²) in [6, 6.07) is 14.4. The van der Waals surface area contributed by atoms with Gasteiger partial charge in [0.25, 0.3) is 0 Å². The third-order valence-corrected chi connectivity index (χ3v) is 8.90. The number of nitrogens with one attached hydrogen (secondary N) is 2. The van der Waals surface area contributed by atoms with E-state index < -0.39 is 17.5 Å². The van der Waals surface area contributed by atoms with Gasteiger partial charge in [-0.1, -0.05) is 31.2 Å². The van der Waals surface area contributed by atoms with Gasteiger partial charge in [-0.3, -0.25) is 9.59 Å². The fraction of sp³-hybridized carbons (Fsp3) is 0.514. The van der Waals surface area contributed by atoms with Crippen molar-refractivity contribution in [1.82, 2.24) is 9.97 Å². The normalized spacial score (nSPS) is 15.8. The number of aryl methyl sites for hydroxylation is 1. The number of nitrogens with zero attached hydrogens (tertiary/aromatic N) is 3. The van der Waals surface area contributed by atoms with E-state index in [9.17, 15) is 9.59 Å². The van der Waals surface area contributed by atoms with Crippen LogP contribution in [0.1, 0.15) is 81.5 Å². The lowest BCUT2D eigenvalue weighted by Crippen LogP contribution is -2.35. The predicted molar refractivity (Wildman–Crippen MR) is 183 cm³/mol. The van der Waals surface area contributed by atoms with Crippen molar-refractivity contribution in [3.8, 4) is 5.75 Å². The lowest BCUT2D eigenvalue weighted by atomic mass is 9.87. The molecule has 1 atom stereocenters. The van der Waals surface area contributed by atoms with Crippen molar-refractivity contribution in [3.63, 3.8) is 0 Å². The molecule has 5 rings (SSSR count). The van der Waals surface area contributed by atoms with Crippen LogP contribution >= 0.6 is 0 Å². The molecule has 46 heavy (non-hydrogen) atoms. The zero-order chi connectivity index (χ0) is 32.7. The number of carbonyl (C=O) groups is 2. The summed E-state index contributed by atoms with van der Waals surface area (Å²) >= 11 is 0. The van der Waals surface area contributed by atoms with E-state index in [2.05, 4.69) is 45.6 Å². The Kier molecular flexibility index (Phi) is 10.8. The maximum atomic E-state index is 13.3. The van der Waals surface area contributed by atoms with E-state index in [0.29, 0.717) is 11.7 Å². The minimum Gasteiger partial charge on any atom is -0.497 e. The van der Waals surface area contributed by atoms with Crippen LogP contribution in [-0.2, 0) is 33.6 Å². The number of benzene rings is 2. The summed E-state index contributed by atoms with van der Waals surface area (Å²) in [6.07, 6.45) is 7.11. The molecule has 3 aromatic rings. The van der Waals surface area contributed by atoms with Crippen LogP contribution in [-0.4, -0.2) is 60.6 Å². The van der Waals surface area contributed by atoms with Crippen molar-refractivity contribution in [2.75, 3.05) is 48.8 Å². The highest BCUT2D eigenvalue weighted by atomic mass is 16.6. The second kappa shape index (κ2) is 15.0. The van der Waals surface area contributed by atoms with Crippen LogP contribution < -0.4 is 20.3 Å². The number of methoxy groups -OCH3 is 1. The largest absolute Gasteiger partial charge is 0.497 e. The lowest BCUT2D eigenvalue weighted by Gasteiger charge is -2.34. The van der Waals surface area contributed by atoms with E-state index in [0.717, 1.165) is 68.0 Å². The number of esters is 1. The molecular weight excluding hydrogens is 578 g/mol. The molecule has 1 fully saturated rings. The highest BCUT2D eigenvalue weighted by Crippen LogP contribution is 2.35. The van der Waals surface area contributed by atoms with E-state index >= 15 is 0 Å². The molecule has 0 unspecified atom stereocenters. The molecule has 0 bridgehead atoms. The van der Waals surface area contributed by atoms with Crippen LogP contribution in [0, 0.1) is 5.92 Å². The molecule has 2 aromatic carbocycles. The molecule has 9 nitrogen and oxygen atoms in total. The van der Waals surface area contributed by atoms with E-state index in [4.69, 9.17) is 14.5 Å². The number of anilines is 3. The number of hydrogen-bond donors (Lipinski definition) is 2. The third-order valence-electron chi connectivity index (χ3n) is 8.90. The predicted octanol–water partition coefficient (Wildman–Crippen LogP) is 6.36. The maximum Gasteiger partial charge on any atom is 0.311 e. The van der Waals surface area contributed by atoms with E-state index in [1.807, 2.05) is 45.0 Å². The Balaban J connectivity index is 1.24. The Morgan fingerprint density at radius 1 is 1.09 bits per heavy atom. The Labute approximate surface area is 273 Å². The number of rotatable bonds is 12. The first-order valence-corrected chi connectivity index (χ1v) is 16.7. The van der Waals surface area contributed by atoms with Crippen molar-refractivity contribution < 1.29 is 19.1 Å². The lowest BCUT2D eigenvalue weighted by molar-refractivity contribution is -0.160. The number of aromatic nitrogens is 2. The number of carbonyl (C=O) groups excluding carboxylic acids is 2. The van der Waals surface area contributed by atoms with Gasteiger partial charge in [0.2, 0.25) is 0 Å². The van der Waals surface area contributed by atoms with Gasteiger partial charge in [0.15, 0.2) is 0 Å². The average molecular weight is 628 g/mol. The van der Waals surface area contributed by atoms with Crippen molar-refractivity contribution in [2.24, 2.45) is 5.92 Å². The van der Waals surface area contributed by atoms with Crippen molar-refractivity contribution in [2.45, 2.75) is 84.2 Å². The highest BCUT2D eigenvalue weighted by molar-refractivity contribution is 5.86. The van der Waals surface area contributed by atoms with Gasteiger partial charge in [0.1, 0.15) is 35.1 Å². The number of piperidine rings is 1. The number of fused-ring (bicyclic) bond motifs is 1. The highest BCUT2D eigenvalue weighted by Gasteiger charge is 2.29. The first-order valence-electron chi connectivity index (χ1n) is 16.7. The summed E-state index contributed by atoms with van der Waals surface area (Å²) in [4.78, 5) is 38.1. The molecule has 1 saturated heterocycles. The summed E-state index contributed by atoms with van der Waals surface area (Å²) in [5.41, 5.74) is 5.39. The SMILES string of the molecule is CCc1c(NC[C@H](CC(=O)Cc2ccc(OC)cc2)C(=O)OC(C)(C)C)ncnc1N1CCC(c2ccc3c(c2)NCCC3)CC1. The van der Waals surface area contributed by atoms with Gasteiger partial charge in [-0.2, -0.15) is 0 Å². The molecule has 3 heterocycles. The Bertz CT molecular complexity index is 1490. The zero-order valence-corrected chi connectivity index (χ0v) is 28.0. The molecule has 0 amide bonds. The monoisotopic (exact) mass is 627 g/mol. The van der Waals surface area contributed by atoms with Crippen LogP contribution in [0.25, 0.3) is 0 Å². The molecule has 9 heteroatoms. The smallest absolute Gasteiger partial charge is 0.311 e. The van der Waals surface area contributed by atoms with Crippen molar-refractivity contribution >= 4 is 29.1 Å². The minimum atomic E-state index is -0.660. The molecule has 1 aromatic heterocycles. The fourth-order valence-corrected chi connectivity index (χ4v) is 6.47. The molecule has 0 spiro atoms. The molecule has 0 saturated carbocycles. The summed E-state index contributed by atoms with van der Waals surface area (Å²) in [6.45, 7) is 10.7. The van der Waals surface area contributed by atoms with Crippen LogP contribution in [0.15, 0.2) is 48.8 Å². The molecule has 2 aliphatic rings. The van der Waals surface area contributed by atoms with Gasteiger partial charge in [0, 0.05) is 50.3 Å². The first-order chi connectivity index (χ1) is 22.1. The van der Waals surface area contributed by atoms with Gasteiger partial charge < -0.3 is 25.0 Å².